The van der Waals surface area contributed by atoms with Gasteiger partial charge in [-0.2, -0.15) is 5.10 Å². The highest BCUT2D eigenvalue weighted by molar-refractivity contribution is 5.92. The summed E-state index contributed by atoms with van der Waals surface area (Å²) in [6.07, 6.45) is 0.889. The number of hydrogen-bond acceptors (Lipinski definition) is 3. The van der Waals surface area contributed by atoms with Gasteiger partial charge in [0.05, 0.1) is 6.04 Å². The van der Waals surface area contributed by atoms with Crippen LogP contribution in [0.2, 0.25) is 0 Å². The topological polar surface area (TPSA) is 61.0 Å². The molecule has 0 saturated heterocycles. The lowest BCUT2D eigenvalue weighted by Gasteiger charge is -2.22. The average Bonchev–Trinajstić information content (AvgIpc) is 2.95. The molecule has 0 saturated carbocycles. The molecule has 5 nitrogen and oxygen atoms in total. The van der Waals surface area contributed by atoms with Crippen LogP contribution in [-0.4, -0.2) is 41.6 Å². The molecule has 2 N–H and O–H groups in total. The lowest BCUT2D eigenvalue weighted by atomic mass is 10.1. The first-order chi connectivity index (χ1) is 11.0. The summed E-state index contributed by atoms with van der Waals surface area (Å²) in [5.41, 5.74) is 2.53. The van der Waals surface area contributed by atoms with Crippen LogP contribution in [0, 0.1) is 5.92 Å². The number of rotatable bonds is 7. The quantitative estimate of drug-likeness (QED) is 0.826. The number of carbonyl (C=O) groups excluding carboxylic acids is 1. The zero-order valence-electron chi connectivity index (χ0n) is 14.3. The maximum atomic E-state index is 12.5. The predicted octanol–water partition coefficient (Wildman–Crippen LogP) is 2.64. The summed E-state index contributed by atoms with van der Waals surface area (Å²) in [5.74, 6) is 0.379. The molecule has 1 aromatic carbocycles. The van der Waals surface area contributed by atoms with E-state index in [9.17, 15) is 4.79 Å². The van der Waals surface area contributed by atoms with E-state index in [0.717, 1.165) is 24.2 Å². The highest BCUT2D eigenvalue weighted by Crippen LogP contribution is 2.14. The van der Waals surface area contributed by atoms with Gasteiger partial charge in [-0.1, -0.05) is 44.2 Å². The van der Waals surface area contributed by atoms with E-state index in [4.69, 9.17) is 0 Å². The van der Waals surface area contributed by atoms with Gasteiger partial charge in [0.1, 0.15) is 5.69 Å². The SMILES string of the molecule is CC(C)Cc1cc(C(=O)NC(CN(C)C)c2ccccc2)n[nH]1. The second-order valence-corrected chi connectivity index (χ2v) is 6.58. The van der Waals surface area contributed by atoms with Crippen molar-refractivity contribution in [1.82, 2.24) is 20.4 Å². The minimum absolute atomic E-state index is 0.0658. The van der Waals surface area contributed by atoms with Gasteiger partial charge in [-0.25, -0.2) is 0 Å². The Morgan fingerprint density at radius 3 is 2.57 bits per heavy atom. The molecule has 0 aliphatic rings. The Balaban J connectivity index is 2.09. The molecule has 5 heteroatoms. The molecule has 23 heavy (non-hydrogen) atoms. The van der Waals surface area contributed by atoms with Crippen molar-refractivity contribution in [3.63, 3.8) is 0 Å². The Morgan fingerprint density at radius 2 is 1.96 bits per heavy atom. The number of H-pyrrole nitrogens is 1. The summed E-state index contributed by atoms with van der Waals surface area (Å²) < 4.78 is 0. The fourth-order valence-corrected chi connectivity index (χ4v) is 2.54. The molecule has 1 atom stereocenters. The smallest absolute Gasteiger partial charge is 0.272 e. The molecule has 0 aliphatic carbocycles. The van der Waals surface area contributed by atoms with Gasteiger partial charge in [-0.3, -0.25) is 9.89 Å². The number of carbonyl (C=O) groups is 1. The summed E-state index contributed by atoms with van der Waals surface area (Å²) in [4.78, 5) is 14.6. The van der Waals surface area contributed by atoms with Crippen molar-refractivity contribution >= 4 is 5.91 Å². The van der Waals surface area contributed by atoms with E-state index in [0.29, 0.717) is 11.6 Å². The summed E-state index contributed by atoms with van der Waals surface area (Å²) >= 11 is 0. The molecule has 1 aromatic heterocycles. The van der Waals surface area contributed by atoms with E-state index in [1.165, 1.54) is 0 Å². The normalized spacial score (nSPS) is 12.6. The molecule has 2 rings (SSSR count). The van der Waals surface area contributed by atoms with Gasteiger partial charge in [0.15, 0.2) is 0 Å². The third-order valence-electron chi connectivity index (χ3n) is 3.55. The second-order valence-electron chi connectivity index (χ2n) is 6.58. The Labute approximate surface area is 138 Å². The fraction of sp³-hybridized carbons (Fsp3) is 0.444. The number of nitrogens with zero attached hydrogens (tertiary/aromatic N) is 2. The molecular weight excluding hydrogens is 288 g/mol. The maximum Gasteiger partial charge on any atom is 0.272 e. The lowest BCUT2D eigenvalue weighted by molar-refractivity contribution is 0.0925. The average molecular weight is 314 g/mol. The zero-order valence-corrected chi connectivity index (χ0v) is 14.3. The summed E-state index contributed by atoms with van der Waals surface area (Å²) in [6.45, 7) is 5.02. The number of amides is 1. The van der Waals surface area contributed by atoms with Crippen LogP contribution >= 0.6 is 0 Å². The van der Waals surface area contributed by atoms with Crippen molar-refractivity contribution in [3.05, 3.63) is 53.3 Å². The zero-order chi connectivity index (χ0) is 16.8. The van der Waals surface area contributed by atoms with Crippen LogP contribution in [0.4, 0.5) is 0 Å². The third kappa shape index (κ3) is 5.21. The molecule has 0 spiro atoms. The molecule has 0 bridgehead atoms. The first kappa shape index (κ1) is 17.2. The number of nitrogens with one attached hydrogen (secondary N) is 2. The number of aromatic amines is 1. The first-order valence-electron chi connectivity index (χ1n) is 8.00. The largest absolute Gasteiger partial charge is 0.343 e. The maximum absolute atomic E-state index is 12.5. The van der Waals surface area contributed by atoms with E-state index < -0.39 is 0 Å². The van der Waals surface area contributed by atoms with Crippen LogP contribution in [-0.2, 0) is 6.42 Å². The van der Waals surface area contributed by atoms with Gasteiger partial charge in [-0.15, -0.1) is 0 Å². The standard InChI is InChI=1S/C18H26N4O/c1-13(2)10-15-11-16(21-20-15)18(23)19-17(12-22(3)4)14-8-6-5-7-9-14/h5-9,11,13,17H,10,12H2,1-4H3,(H,19,23)(H,20,21). The summed E-state index contributed by atoms with van der Waals surface area (Å²) in [6, 6.07) is 11.8. The van der Waals surface area contributed by atoms with Gasteiger partial charge >= 0.3 is 0 Å². The lowest BCUT2D eigenvalue weighted by Crippen LogP contribution is -2.35. The van der Waals surface area contributed by atoms with Gasteiger partial charge in [0.25, 0.3) is 5.91 Å². The van der Waals surface area contributed by atoms with Crippen LogP contribution in [0.1, 0.15) is 41.6 Å². The number of likely N-dealkylation sites (N-methyl/N-ethyl adjacent to an activating group) is 1. The van der Waals surface area contributed by atoms with E-state index >= 15 is 0 Å². The fourth-order valence-electron chi connectivity index (χ4n) is 2.54. The van der Waals surface area contributed by atoms with Crippen LogP contribution in [0.3, 0.4) is 0 Å². The molecule has 0 radical (unpaired) electrons. The van der Waals surface area contributed by atoms with Crippen molar-refractivity contribution in [3.8, 4) is 0 Å². The molecule has 0 aliphatic heterocycles. The van der Waals surface area contributed by atoms with Crippen molar-refractivity contribution in [2.24, 2.45) is 5.92 Å². The Kier molecular flexibility index (Phi) is 5.93. The van der Waals surface area contributed by atoms with Crippen molar-refractivity contribution in [1.29, 1.82) is 0 Å². The molecule has 0 fully saturated rings. The summed E-state index contributed by atoms with van der Waals surface area (Å²) in [5, 5.41) is 10.2. The highest BCUT2D eigenvalue weighted by atomic mass is 16.2. The number of aromatic nitrogens is 2. The van der Waals surface area contributed by atoms with Crippen molar-refractivity contribution in [2.75, 3.05) is 20.6 Å². The Hall–Kier alpha value is -2.14. The van der Waals surface area contributed by atoms with Crippen LogP contribution in [0.25, 0.3) is 0 Å². The summed E-state index contributed by atoms with van der Waals surface area (Å²) in [7, 11) is 3.99. The van der Waals surface area contributed by atoms with Crippen LogP contribution < -0.4 is 5.32 Å². The monoisotopic (exact) mass is 314 g/mol. The first-order valence-corrected chi connectivity index (χ1v) is 8.00. The molecule has 1 amide bonds. The molecule has 1 unspecified atom stereocenters. The van der Waals surface area contributed by atoms with E-state index in [1.807, 2.05) is 50.5 Å². The van der Waals surface area contributed by atoms with E-state index in [-0.39, 0.29) is 11.9 Å². The van der Waals surface area contributed by atoms with E-state index in [1.54, 1.807) is 0 Å². The van der Waals surface area contributed by atoms with Gasteiger partial charge in [0, 0.05) is 12.2 Å². The van der Waals surface area contributed by atoms with Gasteiger partial charge in [0.2, 0.25) is 0 Å². The molecule has 2 aromatic rings. The second kappa shape index (κ2) is 7.92. The number of hydrogen-bond donors (Lipinski definition) is 2. The van der Waals surface area contributed by atoms with Crippen LogP contribution in [0.5, 0.6) is 0 Å². The highest BCUT2D eigenvalue weighted by Gasteiger charge is 2.18. The molecule has 1 heterocycles. The van der Waals surface area contributed by atoms with Crippen molar-refractivity contribution in [2.45, 2.75) is 26.3 Å². The Bertz CT molecular complexity index is 619. The predicted molar refractivity (Wildman–Crippen MR) is 92.3 cm³/mol. The Morgan fingerprint density at radius 1 is 1.26 bits per heavy atom. The number of benzene rings is 1. The molecule has 124 valence electrons. The van der Waals surface area contributed by atoms with Gasteiger partial charge in [-0.05, 0) is 38.1 Å². The minimum Gasteiger partial charge on any atom is -0.343 e. The van der Waals surface area contributed by atoms with Crippen LogP contribution in [0.15, 0.2) is 36.4 Å². The van der Waals surface area contributed by atoms with Gasteiger partial charge < -0.3 is 10.2 Å². The van der Waals surface area contributed by atoms with Crippen molar-refractivity contribution < 1.29 is 4.79 Å². The minimum atomic E-state index is -0.146. The molecular formula is C18H26N4O. The third-order valence-corrected chi connectivity index (χ3v) is 3.55. The van der Waals surface area contributed by atoms with E-state index in [2.05, 4.69) is 34.3 Å².